The highest BCUT2D eigenvalue weighted by Gasteiger charge is 2.37. The number of rotatable bonds is 6. The van der Waals surface area contributed by atoms with Crippen molar-refractivity contribution in [2.75, 3.05) is 32.7 Å². The standard InChI is InChI=1S/C37H42Cl2N8O2/c38-29-2-1-3-30(39)33(29)47-35(48)28-20-41-34-27(32(28)46(36(47)49)26-4-5-26)18-31(43-34)24-19-42-45(22-24)25-8-16-44(17-9-25)21-23-6-10-37(11-7-23)12-14-40-15-13-37/h1-3,18-20,22-23,25-26,40H,4-17,21H2,(H,41,43). The number of likely N-dealkylation sites (tertiary alicyclic amines) is 1. The van der Waals surface area contributed by atoms with Crippen LogP contribution in [0.4, 0.5) is 0 Å². The molecule has 4 fully saturated rings. The third kappa shape index (κ3) is 5.65. The maximum atomic E-state index is 14.0. The lowest BCUT2D eigenvalue weighted by Crippen LogP contribution is -2.42. The van der Waals surface area contributed by atoms with Crippen molar-refractivity contribution in [1.29, 1.82) is 0 Å². The fraction of sp³-hybridized carbons (Fsp3) is 0.514. The van der Waals surface area contributed by atoms with Gasteiger partial charge in [0, 0.05) is 49.0 Å². The molecule has 4 aromatic heterocycles. The van der Waals surface area contributed by atoms with Crippen molar-refractivity contribution in [3.8, 4) is 16.9 Å². The normalized spacial score (nSPS) is 20.9. The minimum atomic E-state index is -0.489. The Bertz CT molecular complexity index is 2130. The predicted octanol–water partition coefficient (Wildman–Crippen LogP) is 6.73. The number of pyridine rings is 1. The molecule has 2 aliphatic carbocycles. The number of halogens is 2. The van der Waals surface area contributed by atoms with Gasteiger partial charge in [-0.05, 0) is 107 Å². The summed E-state index contributed by atoms with van der Waals surface area (Å²) >= 11 is 13.0. The van der Waals surface area contributed by atoms with Crippen LogP contribution in [0, 0.1) is 11.3 Å². The second-order valence-corrected chi connectivity index (χ2v) is 15.8. The van der Waals surface area contributed by atoms with Crippen LogP contribution >= 0.6 is 23.2 Å². The van der Waals surface area contributed by atoms with Crippen LogP contribution < -0.4 is 16.6 Å². The molecule has 2 N–H and O–H groups in total. The first-order valence-corrected chi connectivity index (χ1v) is 18.7. The first-order chi connectivity index (χ1) is 23.9. The van der Waals surface area contributed by atoms with Crippen LogP contribution in [0.2, 0.25) is 10.0 Å². The number of aromatic nitrogens is 6. The largest absolute Gasteiger partial charge is 0.339 e. The molecule has 5 aromatic rings. The predicted molar refractivity (Wildman–Crippen MR) is 194 cm³/mol. The summed E-state index contributed by atoms with van der Waals surface area (Å²) in [5.41, 5.74) is 2.92. The van der Waals surface area contributed by atoms with Gasteiger partial charge in [0.2, 0.25) is 0 Å². The van der Waals surface area contributed by atoms with Gasteiger partial charge in [-0.25, -0.2) is 14.3 Å². The van der Waals surface area contributed by atoms with E-state index in [-0.39, 0.29) is 21.8 Å². The van der Waals surface area contributed by atoms with Gasteiger partial charge in [0.15, 0.2) is 0 Å². The SMILES string of the molecule is O=c1c2cnc3[nH]c(-c4cnn(C5CCN(CC6CCC7(CCNCC7)CC6)CC5)c4)cc3c2n(C2CC2)c(=O)n1-c1c(Cl)cccc1Cl. The van der Waals surface area contributed by atoms with Crippen molar-refractivity contribution in [1.82, 2.24) is 39.1 Å². The minimum absolute atomic E-state index is 0.00938. The molecule has 49 heavy (non-hydrogen) atoms. The molecule has 0 amide bonds. The van der Waals surface area contributed by atoms with Crippen LogP contribution in [0.25, 0.3) is 38.9 Å². The average molecular weight is 702 g/mol. The van der Waals surface area contributed by atoms with E-state index in [1.165, 1.54) is 58.2 Å². The summed E-state index contributed by atoms with van der Waals surface area (Å²) in [6.45, 7) is 5.87. The molecule has 10 nitrogen and oxygen atoms in total. The highest BCUT2D eigenvalue weighted by Crippen LogP contribution is 2.45. The van der Waals surface area contributed by atoms with E-state index >= 15 is 0 Å². The minimum Gasteiger partial charge on any atom is -0.339 e. The second-order valence-electron chi connectivity index (χ2n) is 15.0. The Balaban J connectivity index is 0.949. The fourth-order valence-corrected chi connectivity index (χ4v) is 9.52. The Morgan fingerprint density at radius 1 is 0.878 bits per heavy atom. The van der Waals surface area contributed by atoms with E-state index in [1.54, 1.807) is 29.0 Å². The zero-order valence-corrected chi connectivity index (χ0v) is 29.1. The van der Waals surface area contributed by atoms with E-state index in [9.17, 15) is 9.59 Å². The number of nitrogens with zero attached hydrogens (tertiary/aromatic N) is 6. The summed E-state index contributed by atoms with van der Waals surface area (Å²) in [5, 5.41) is 9.91. The molecule has 9 rings (SSSR count). The van der Waals surface area contributed by atoms with Gasteiger partial charge in [0.25, 0.3) is 5.56 Å². The van der Waals surface area contributed by atoms with Crippen LogP contribution in [-0.4, -0.2) is 66.5 Å². The third-order valence-electron chi connectivity index (χ3n) is 12.0. The van der Waals surface area contributed by atoms with E-state index in [4.69, 9.17) is 28.3 Å². The van der Waals surface area contributed by atoms with E-state index in [0.29, 0.717) is 28.0 Å². The van der Waals surface area contributed by atoms with E-state index in [2.05, 4.69) is 31.1 Å². The van der Waals surface area contributed by atoms with Gasteiger partial charge in [0.1, 0.15) is 5.65 Å². The van der Waals surface area contributed by atoms with Crippen molar-refractivity contribution >= 4 is 45.1 Å². The van der Waals surface area contributed by atoms with E-state index in [1.807, 2.05) is 12.3 Å². The number of hydrogen-bond donors (Lipinski definition) is 2. The molecular weight excluding hydrogens is 659 g/mol. The number of H-pyrrole nitrogens is 1. The summed E-state index contributed by atoms with van der Waals surface area (Å²) in [5.74, 6) is 0.841. The Morgan fingerprint density at radius 3 is 2.33 bits per heavy atom. The van der Waals surface area contributed by atoms with Crippen LogP contribution in [0.3, 0.4) is 0 Å². The van der Waals surface area contributed by atoms with Gasteiger partial charge in [-0.2, -0.15) is 5.10 Å². The van der Waals surface area contributed by atoms with E-state index < -0.39 is 11.2 Å². The molecule has 12 heteroatoms. The lowest BCUT2D eigenvalue weighted by molar-refractivity contribution is 0.0781. The first kappa shape index (κ1) is 31.5. The Morgan fingerprint density at radius 2 is 1.61 bits per heavy atom. The topological polar surface area (TPSA) is 106 Å². The number of piperidine rings is 2. The molecule has 0 bridgehead atoms. The maximum Gasteiger partial charge on any atom is 0.336 e. The number of para-hydroxylation sites is 1. The van der Waals surface area contributed by atoms with Crippen molar-refractivity contribution in [2.24, 2.45) is 11.3 Å². The van der Waals surface area contributed by atoms with Crippen molar-refractivity contribution in [3.63, 3.8) is 0 Å². The molecule has 4 aliphatic rings. The Labute approximate surface area is 294 Å². The van der Waals surface area contributed by atoms with Crippen molar-refractivity contribution in [3.05, 3.63) is 73.7 Å². The lowest BCUT2D eigenvalue weighted by Gasteiger charge is -2.44. The number of nitrogens with one attached hydrogen (secondary N) is 2. The molecule has 0 atom stereocenters. The number of hydrogen-bond acceptors (Lipinski definition) is 6. The molecule has 0 radical (unpaired) electrons. The highest BCUT2D eigenvalue weighted by atomic mass is 35.5. The second kappa shape index (κ2) is 12.4. The monoisotopic (exact) mass is 700 g/mol. The summed E-state index contributed by atoms with van der Waals surface area (Å²) in [6.07, 6.45) is 17.8. The van der Waals surface area contributed by atoms with Gasteiger partial charge in [0.05, 0.1) is 44.6 Å². The Hall–Kier alpha value is -3.44. The average Bonchev–Trinajstić information content (AvgIpc) is 3.64. The van der Waals surface area contributed by atoms with Crippen molar-refractivity contribution in [2.45, 2.75) is 76.3 Å². The summed E-state index contributed by atoms with van der Waals surface area (Å²) < 4.78 is 4.95. The smallest absolute Gasteiger partial charge is 0.336 e. The zero-order valence-electron chi connectivity index (χ0n) is 27.6. The summed E-state index contributed by atoms with van der Waals surface area (Å²) in [6, 6.07) is 7.31. The van der Waals surface area contributed by atoms with Gasteiger partial charge < -0.3 is 15.2 Å². The van der Waals surface area contributed by atoms with Gasteiger partial charge >= 0.3 is 5.69 Å². The summed E-state index contributed by atoms with van der Waals surface area (Å²) in [4.78, 5) is 38.7. The van der Waals surface area contributed by atoms with Gasteiger partial charge in [-0.1, -0.05) is 29.3 Å². The summed E-state index contributed by atoms with van der Waals surface area (Å²) in [7, 11) is 0. The molecule has 1 aromatic carbocycles. The molecule has 2 aliphatic heterocycles. The molecule has 256 valence electrons. The number of benzene rings is 1. The van der Waals surface area contributed by atoms with E-state index in [0.717, 1.165) is 65.9 Å². The third-order valence-corrected chi connectivity index (χ3v) is 12.6. The van der Waals surface area contributed by atoms with Gasteiger partial charge in [-0.15, -0.1) is 0 Å². The van der Waals surface area contributed by atoms with Crippen LogP contribution in [0.15, 0.2) is 52.4 Å². The van der Waals surface area contributed by atoms with Gasteiger partial charge in [-0.3, -0.25) is 14.0 Å². The molecular formula is C37H42Cl2N8O2. The molecule has 1 spiro atoms. The van der Waals surface area contributed by atoms with Crippen LogP contribution in [0.1, 0.15) is 76.3 Å². The quantitative estimate of drug-likeness (QED) is 0.204. The maximum absolute atomic E-state index is 14.0. The Kier molecular flexibility index (Phi) is 7.98. The lowest BCUT2D eigenvalue weighted by atomic mass is 9.65. The fourth-order valence-electron chi connectivity index (χ4n) is 8.95. The number of fused-ring (bicyclic) bond motifs is 3. The van der Waals surface area contributed by atoms with Crippen LogP contribution in [-0.2, 0) is 0 Å². The molecule has 2 saturated carbocycles. The van der Waals surface area contributed by atoms with Crippen molar-refractivity contribution < 1.29 is 0 Å². The number of aromatic amines is 1. The molecule has 0 unspecified atom stereocenters. The van der Waals surface area contributed by atoms with Crippen LogP contribution in [0.5, 0.6) is 0 Å². The molecule has 2 saturated heterocycles. The highest BCUT2D eigenvalue weighted by molar-refractivity contribution is 6.37. The zero-order chi connectivity index (χ0) is 33.3. The first-order valence-electron chi connectivity index (χ1n) is 18.0. The molecule has 6 heterocycles.